The van der Waals surface area contributed by atoms with Crippen LogP contribution in [0.4, 0.5) is 4.79 Å². The molecule has 0 radical (unpaired) electrons. The van der Waals surface area contributed by atoms with E-state index in [1.807, 2.05) is 24.3 Å². The summed E-state index contributed by atoms with van der Waals surface area (Å²) in [5, 5.41) is 12.2. The molecule has 2 bridgehead atoms. The normalized spacial score (nSPS) is 27.3. The smallest absolute Gasteiger partial charge is 0.407 e. The monoisotopic (exact) mass is 377 g/mol. The van der Waals surface area contributed by atoms with Gasteiger partial charge in [-0.2, -0.15) is 0 Å². The Kier molecular flexibility index (Phi) is 4.11. The van der Waals surface area contributed by atoms with E-state index in [0.717, 1.165) is 12.8 Å². The Labute approximate surface area is 163 Å². The van der Waals surface area contributed by atoms with E-state index in [2.05, 4.69) is 29.6 Å². The van der Waals surface area contributed by atoms with Crippen LogP contribution in [0.25, 0.3) is 11.1 Å². The number of amides is 1. The summed E-state index contributed by atoms with van der Waals surface area (Å²) in [6, 6.07) is 16.6. The van der Waals surface area contributed by atoms with Gasteiger partial charge < -0.3 is 15.2 Å². The molecule has 0 saturated heterocycles. The van der Waals surface area contributed by atoms with Crippen LogP contribution in [0.3, 0.4) is 0 Å². The number of alkyl carbamates (subject to hydrolysis) is 1. The average Bonchev–Trinajstić information content (AvgIpc) is 3.37. The van der Waals surface area contributed by atoms with Gasteiger partial charge in [-0.15, -0.1) is 0 Å². The lowest BCUT2D eigenvalue weighted by Gasteiger charge is -2.26. The quantitative estimate of drug-likeness (QED) is 0.844. The SMILES string of the molecule is O=C(N[C@@H]1C[C@H]2C[C@@H]1C[C@H]2C(=O)O)OCC1c2ccccc2-c2ccccc21. The first-order valence-electron chi connectivity index (χ1n) is 9.96. The van der Waals surface area contributed by atoms with Crippen molar-refractivity contribution in [3.05, 3.63) is 59.7 Å². The Bertz CT molecular complexity index is 894. The molecule has 0 unspecified atom stereocenters. The molecule has 2 N–H and O–H groups in total. The highest BCUT2D eigenvalue weighted by molar-refractivity contribution is 5.79. The third-order valence-corrected chi connectivity index (χ3v) is 6.82. The third kappa shape index (κ3) is 2.77. The Hall–Kier alpha value is -2.82. The fourth-order valence-corrected chi connectivity index (χ4v) is 5.55. The van der Waals surface area contributed by atoms with Crippen LogP contribution in [0.5, 0.6) is 0 Å². The molecule has 28 heavy (non-hydrogen) atoms. The Balaban J connectivity index is 1.23. The van der Waals surface area contributed by atoms with Crippen LogP contribution in [0, 0.1) is 17.8 Å². The van der Waals surface area contributed by atoms with Crippen LogP contribution in [-0.4, -0.2) is 29.8 Å². The third-order valence-electron chi connectivity index (χ3n) is 6.82. The maximum Gasteiger partial charge on any atom is 0.407 e. The van der Waals surface area contributed by atoms with Crippen LogP contribution in [0.1, 0.15) is 36.3 Å². The van der Waals surface area contributed by atoms with Gasteiger partial charge in [-0.05, 0) is 53.4 Å². The zero-order chi connectivity index (χ0) is 19.3. The number of carboxylic acids is 1. The van der Waals surface area contributed by atoms with Gasteiger partial charge in [-0.25, -0.2) is 4.79 Å². The molecule has 5 nitrogen and oxygen atoms in total. The molecule has 2 saturated carbocycles. The molecule has 5 rings (SSSR count). The summed E-state index contributed by atoms with van der Waals surface area (Å²) in [4.78, 5) is 23.7. The summed E-state index contributed by atoms with van der Waals surface area (Å²) < 4.78 is 5.62. The van der Waals surface area contributed by atoms with Crippen LogP contribution in [-0.2, 0) is 9.53 Å². The zero-order valence-electron chi connectivity index (χ0n) is 15.5. The summed E-state index contributed by atoms with van der Waals surface area (Å²) >= 11 is 0. The molecule has 0 spiro atoms. The molecule has 3 aliphatic rings. The van der Waals surface area contributed by atoms with Crippen LogP contribution in [0.15, 0.2) is 48.5 Å². The number of carboxylic acid groups (broad SMARTS) is 1. The van der Waals surface area contributed by atoms with Crippen LogP contribution < -0.4 is 5.32 Å². The number of rotatable bonds is 4. The van der Waals surface area contributed by atoms with E-state index in [1.165, 1.54) is 22.3 Å². The standard InChI is InChI=1S/C23H23NO4/c25-22(26)19-10-14-9-13(19)11-21(14)24-23(27)28-12-20-17-7-3-1-5-15(17)16-6-2-4-8-18(16)20/h1-8,13-14,19-21H,9-12H2,(H,24,27)(H,25,26)/t13-,14-,19-,21-/m1/s1. The summed E-state index contributed by atoms with van der Waals surface area (Å²) in [6.07, 6.45) is 1.90. The van der Waals surface area contributed by atoms with Crippen molar-refractivity contribution in [2.24, 2.45) is 17.8 Å². The van der Waals surface area contributed by atoms with Crippen molar-refractivity contribution >= 4 is 12.1 Å². The van der Waals surface area contributed by atoms with E-state index in [-0.39, 0.29) is 29.7 Å². The van der Waals surface area contributed by atoms with Crippen molar-refractivity contribution in [1.82, 2.24) is 5.32 Å². The first-order chi connectivity index (χ1) is 13.6. The van der Waals surface area contributed by atoms with Crippen LogP contribution in [0.2, 0.25) is 0 Å². The number of fused-ring (bicyclic) bond motifs is 5. The van der Waals surface area contributed by atoms with Crippen molar-refractivity contribution in [3.8, 4) is 11.1 Å². The van der Waals surface area contributed by atoms with Gasteiger partial charge in [0.1, 0.15) is 6.61 Å². The van der Waals surface area contributed by atoms with E-state index in [0.29, 0.717) is 13.0 Å². The minimum atomic E-state index is -0.702. The number of hydrogen-bond acceptors (Lipinski definition) is 3. The molecule has 3 aliphatic carbocycles. The summed E-state index contributed by atoms with van der Waals surface area (Å²) in [5.74, 6) is -0.458. The predicted molar refractivity (Wildman–Crippen MR) is 104 cm³/mol. The number of hydrogen-bond donors (Lipinski definition) is 2. The molecule has 144 valence electrons. The van der Waals surface area contributed by atoms with E-state index in [9.17, 15) is 14.7 Å². The summed E-state index contributed by atoms with van der Waals surface area (Å²) in [7, 11) is 0. The van der Waals surface area contributed by atoms with Crippen LogP contribution >= 0.6 is 0 Å². The first kappa shape index (κ1) is 17.3. The van der Waals surface area contributed by atoms with E-state index in [4.69, 9.17) is 4.74 Å². The van der Waals surface area contributed by atoms with Gasteiger partial charge in [0.15, 0.2) is 0 Å². The largest absolute Gasteiger partial charge is 0.481 e. The number of aliphatic carboxylic acids is 1. The lowest BCUT2D eigenvalue weighted by Crippen LogP contribution is -2.41. The zero-order valence-corrected chi connectivity index (χ0v) is 15.5. The van der Waals surface area contributed by atoms with Crippen molar-refractivity contribution < 1.29 is 19.4 Å². The Morgan fingerprint density at radius 3 is 2.14 bits per heavy atom. The molecular weight excluding hydrogens is 354 g/mol. The lowest BCUT2D eigenvalue weighted by molar-refractivity contribution is -0.143. The Morgan fingerprint density at radius 2 is 1.57 bits per heavy atom. The molecule has 5 heteroatoms. The van der Waals surface area contributed by atoms with E-state index in [1.54, 1.807) is 0 Å². The lowest BCUT2D eigenvalue weighted by atomic mass is 9.86. The molecule has 0 aliphatic heterocycles. The molecule has 0 heterocycles. The average molecular weight is 377 g/mol. The van der Waals surface area contributed by atoms with Crippen molar-refractivity contribution in [2.75, 3.05) is 6.61 Å². The molecule has 2 fully saturated rings. The topological polar surface area (TPSA) is 75.6 Å². The maximum atomic E-state index is 12.4. The van der Waals surface area contributed by atoms with Gasteiger partial charge in [0.25, 0.3) is 0 Å². The second kappa shape index (κ2) is 6.66. The highest BCUT2D eigenvalue weighted by atomic mass is 16.5. The molecular formula is C23H23NO4. The van der Waals surface area contributed by atoms with E-state index >= 15 is 0 Å². The fourth-order valence-electron chi connectivity index (χ4n) is 5.55. The van der Waals surface area contributed by atoms with Gasteiger partial charge >= 0.3 is 12.1 Å². The summed E-state index contributed by atoms with van der Waals surface area (Å²) in [6.45, 7) is 0.304. The van der Waals surface area contributed by atoms with Crippen molar-refractivity contribution in [1.29, 1.82) is 0 Å². The maximum absolute atomic E-state index is 12.4. The molecule has 2 aromatic rings. The second-order valence-electron chi connectivity index (χ2n) is 8.25. The number of benzene rings is 2. The first-order valence-corrected chi connectivity index (χ1v) is 9.96. The van der Waals surface area contributed by atoms with Gasteiger partial charge in [-0.3, -0.25) is 4.79 Å². The summed E-state index contributed by atoms with van der Waals surface area (Å²) in [5.41, 5.74) is 4.81. The van der Waals surface area contributed by atoms with Gasteiger partial charge in [0, 0.05) is 12.0 Å². The molecule has 4 atom stereocenters. The highest BCUT2D eigenvalue weighted by Crippen LogP contribution is 2.48. The number of nitrogens with one attached hydrogen (secondary N) is 1. The minimum Gasteiger partial charge on any atom is -0.481 e. The molecule has 2 aromatic carbocycles. The highest BCUT2D eigenvalue weighted by Gasteiger charge is 2.49. The minimum absolute atomic E-state index is 0.0382. The number of ether oxygens (including phenoxy) is 1. The van der Waals surface area contributed by atoms with Crippen molar-refractivity contribution in [2.45, 2.75) is 31.2 Å². The Morgan fingerprint density at radius 1 is 0.929 bits per heavy atom. The number of carbonyl (C=O) groups excluding carboxylic acids is 1. The van der Waals surface area contributed by atoms with Gasteiger partial charge in [0.05, 0.1) is 5.92 Å². The fraction of sp³-hybridized carbons (Fsp3) is 0.391. The molecule has 0 aromatic heterocycles. The second-order valence-corrected chi connectivity index (χ2v) is 8.25. The van der Waals surface area contributed by atoms with Crippen molar-refractivity contribution in [3.63, 3.8) is 0 Å². The van der Waals surface area contributed by atoms with Gasteiger partial charge in [-0.1, -0.05) is 48.5 Å². The molecule has 1 amide bonds. The van der Waals surface area contributed by atoms with E-state index < -0.39 is 12.1 Å². The van der Waals surface area contributed by atoms with Gasteiger partial charge in [0.2, 0.25) is 0 Å². The predicted octanol–water partition coefficient (Wildman–Crippen LogP) is 4.02. The number of carbonyl (C=O) groups is 2.